The number of ether oxygens (including phenoxy) is 1. The number of hydrogen-bond donors (Lipinski definition) is 3. The van der Waals surface area contributed by atoms with Crippen LogP contribution in [0.15, 0.2) is 12.2 Å². The van der Waals surface area contributed by atoms with Gasteiger partial charge >= 0.3 is 6.18 Å². The van der Waals surface area contributed by atoms with Crippen LogP contribution >= 0.6 is 0 Å². The molecule has 3 N–H and O–H groups in total. The minimum atomic E-state index is -4.47. The molecule has 1 aliphatic carbocycles. The fourth-order valence-corrected chi connectivity index (χ4v) is 2.42. The zero-order valence-electron chi connectivity index (χ0n) is 13.0. The largest absolute Gasteiger partial charge is 0.405 e. The van der Waals surface area contributed by atoms with Crippen LogP contribution in [0.1, 0.15) is 25.7 Å². The Kier molecular flexibility index (Phi) is 6.22. The van der Waals surface area contributed by atoms with Crippen molar-refractivity contribution in [3.63, 3.8) is 0 Å². The maximum atomic E-state index is 12.0. The lowest BCUT2D eigenvalue weighted by atomic mass is 10.0. The monoisotopic (exact) mass is 350 g/mol. The number of rotatable bonds is 7. The van der Waals surface area contributed by atoms with E-state index < -0.39 is 36.9 Å². The van der Waals surface area contributed by atoms with Gasteiger partial charge in [0.1, 0.15) is 12.6 Å². The van der Waals surface area contributed by atoms with E-state index in [0.29, 0.717) is 12.3 Å². The van der Waals surface area contributed by atoms with E-state index in [-0.39, 0.29) is 18.9 Å². The normalized spacial score (nSPS) is 26.9. The highest BCUT2D eigenvalue weighted by Crippen LogP contribution is 2.32. The average molecular weight is 350 g/mol. The number of amides is 2. The zero-order valence-corrected chi connectivity index (χ0v) is 13.0. The van der Waals surface area contributed by atoms with E-state index in [2.05, 4.69) is 5.32 Å². The van der Waals surface area contributed by atoms with Gasteiger partial charge in [-0.3, -0.25) is 9.59 Å². The number of aliphatic hydroxyl groups excluding tert-OH is 1. The lowest BCUT2D eigenvalue weighted by Crippen LogP contribution is -2.49. The Morgan fingerprint density at radius 1 is 1.17 bits per heavy atom. The Balaban J connectivity index is 1.80. The standard InChI is InChI=1S/C15H21F3N2O4/c16-15(17,18)8-19-13(22)6-10-3-4-11(12(7-21)24-10)20-14(23)5-9-1-2-9/h3-4,9-12,21H,1-2,5-8H2,(H,19,22)(H,20,23)/t10-,11-,12-/m1/s1. The summed E-state index contributed by atoms with van der Waals surface area (Å²) in [6.07, 6.45) is -0.587. The van der Waals surface area contributed by atoms with Crippen LogP contribution in [0.25, 0.3) is 0 Å². The van der Waals surface area contributed by atoms with E-state index in [1.807, 2.05) is 0 Å². The highest BCUT2D eigenvalue weighted by molar-refractivity contribution is 5.77. The number of carbonyl (C=O) groups excluding carboxylic acids is 2. The van der Waals surface area contributed by atoms with Gasteiger partial charge in [0.15, 0.2) is 0 Å². The van der Waals surface area contributed by atoms with Gasteiger partial charge in [0, 0.05) is 6.42 Å². The Hall–Kier alpha value is -1.61. The second-order valence-electron chi connectivity index (χ2n) is 6.12. The molecule has 24 heavy (non-hydrogen) atoms. The van der Waals surface area contributed by atoms with Crippen LogP contribution in [0.5, 0.6) is 0 Å². The van der Waals surface area contributed by atoms with Crippen LogP contribution in [0.3, 0.4) is 0 Å². The molecule has 2 amide bonds. The summed E-state index contributed by atoms with van der Waals surface area (Å²) in [6.45, 7) is -1.77. The van der Waals surface area contributed by atoms with Gasteiger partial charge in [-0.2, -0.15) is 13.2 Å². The lowest BCUT2D eigenvalue weighted by molar-refractivity contribution is -0.140. The predicted molar refractivity (Wildman–Crippen MR) is 77.8 cm³/mol. The molecule has 2 aliphatic rings. The van der Waals surface area contributed by atoms with Crippen molar-refractivity contribution in [3.8, 4) is 0 Å². The fraction of sp³-hybridized carbons (Fsp3) is 0.733. The molecule has 1 heterocycles. The fourth-order valence-electron chi connectivity index (χ4n) is 2.42. The first-order valence-electron chi connectivity index (χ1n) is 7.84. The number of alkyl halides is 3. The Bertz CT molecular complexity index is 492. The molecule has 136 valence electrons. The first-order valence-corrected chi connectivity index (χ1v) is 7.84. The number of hydrogen-bond acceptors (Lipinski definition) is 4. The molecule has 0 saturated heterocycles. The van der Waals surface area contributed by atoms with Gasteiger partial charge in [-0.15, -0.1) is 0 Å². The van der Waals surface area contributed by atoms with Crippen molar-refractivity contribution < 1.29 is 32.6 Å². The van der Waals surface area contributed by atoms with Gasteiger partial charge < -0.3 is 20.5 Å². The first kappa shape index (κ1) is 18.7. The van der Waals surface area contributed by atoms with E-state index in [0.717, 1.165) is 12.8 Å². The maximum absolute atomic E-state index is 12.0. The number of halogens is 3. The molecular weight excluding hydrogens is 329 g/mol. The molecule has 9 heteroatoms. The van der Waals surface area contributed by atoms with E-state index in [4.69, 9.17) is 4.74 Å². The van der Waals surface area contributed by atoms with Crippen LogP contribution < -0.4 is 10.6 Å². The molecule has 0 unspecified atom stereocenters. The quantitative estimate of drug-likeness (QED) is 0.589. The van der Waals surface area contributed by atoms with E-state index in [1.165, 1.54) is 6.08 Å². The average Bonchev–Trinajstić information content (AvgIpc) is 3.30. The predicted octanol–water partition coefficient (Wildman–Crippen LogP) is 0.656. The summed E-state index contributed by atoms with van der Waals surface area (Å²) in [5.41, 5.74) is 0. The SMILES string of the molecule is O=C(C[C@H]1C=C[C@@H](NC(=O)CC2CC2)[C@@H](CO)O1)NCC(F)(F)F. The van der Waals surface area contributed by atoms with Crippen molar-refractivity contribution in [3.05, 3.63) is 12.2 Å². The van der Waals surface area contributed by atoms with Crippen LogP contribution in [-0.2, 0) is 14.3 Å². The minimum absolute atomic E-state index is 0.129. The second-order valence-corrected chi connectivity index (χ2v) is 6.12. The lowest BCUT2D eigenvalue weighted by Gasteiger charge is -2.31. The summed E-state index contributed by atoms with van der Waals surface area (Å²) in [5.74, 6) is -0.499. The zero-order chi connectivity index (χ0) is 17.7. The van der Waals surface area contributed by atoms with Crippen molar-refractivity contribution >= 4 is 11.8 Å². The van der Waals surface area contributed by atoms with Gasteiger partial charge in [0.25, 0.3) is 0 Å². The second kappa shape index (κ2) is 7.98. The summed E-state index contributed by atoms with van der Waals surface area (Å²) in [7, 11) is 0. The van der Waals surface area contributed by atoms with Crippen molar-refractivity contribution in [1.82, 2.24) is 10.6 Å². The molecule has 0 aromatic rings. The molecule has 1 saturated carbocycles. The van der Waals surface area contributed by atoms with Gasteiger partial charge in [-0.25, -0.2) is 0 Å². The van der Waals surface area contributed by atoms with E-state index in [1.54, 1.807) is 11.4 Å². The molecule has 0 spiro atoms. The molecule has 1 fully saturated rings. The van der Waals surface area contributed by atoms with Crippen molar-refractivity contribution in [1.29, 1.82) is 0 Å². The van der Waals surface area contributed by atoms with Crippen LogP contribution in [-0.4, -0.2) is 54.5 Å². The first-order chi connectivity index (χ1) is 11.3. The molecule has 0 bridgehead atoms. The number of carbonyl (C=O) groups is 2. The van der Waals surface area contributed by atoms with Gasteiger partial charge in [-0.05, 0) is 18.8 Å². The summed E-state index contributed by atoms with van der Waals surface area (Å²) in [4.78, 5) is 23.3. The highest BCUT2D eigenvalue weighted by atomic mass is 19.4. The summed E-state index contributed by atoms with van der Waals surface area (Å²) in [5, 5.41) is 13.9. The van der Waals surface area contributed by atoms with Gasteiger partial charge in [0.2, 0.25) is 11.8 Å². The summed E-state index contributed by atoms with van der Waals surface area (Å²) < 4.78 is 41.6. The molecule has 3 atom stereocenters. The highest BCUT2D eigenvalue weighted by Gasteiger charge is 2.32. The molecule has 0 radical (unpaired) electrons. The van der Waals surface area contributed by atoms with Crippen molar-refractivity contribution in [2.24, 2.45) is 5.92 Å². The Labute approximate surface area is 137 Å². The number of nitrogens with one attached hydrogen (secondary N) is 2. The van der Waals surface area contributed by atoms with E-state index >= 15 is 0 Å². The topological polar surface area (TPSA) is 87.7 Å². The summed E-state index contributed by atoms with van der Waals surface area (Å²) in [6, 6.07) is -0.518. The van der Waals surface area contributed by atoms with E-state index in [9.17, 15) is 27.9 Å². The van der Waals surface area contributed by atoms with Crippen LogP contribution in [0.4, 0.5) is 13.2 Å². The molecule has 0 aromatic carbocycles. The Morgan fingerprint density at radius 2 is 1.88 bits per heavy atom. The Morgan fingerprint density at radius 3 is 2.46 bits per heavy atom. The maximum Gasteiger partial charge on any atom is 0.405 e. The third kappa shape index (κ3) is 6.48. The number of aliphatic hydroxyl groups is 1. The van der Waals surface area contributed by atoms with Crippen molar-refractivity contribution in [2.75, 3.05) is 13.2 Å². The van der Waals surface area contributed by atoms with Crippen LogP contribution in [0.2, 0.25) is 0 Å². The molecule has 2 rings (SSSR count). The molecule has 1 aliphatic heterocycles. The molecule has 0 aromatic heterocycles. The van der Waals surface area contributed by atoms with Crippen LogP contribution in [0, 0.1) is 5.92 Å². The van der Waals surface area contributed by atoms with Gasteiger partial charge in [0.05, 0.1) is 25.2 Å². The third-order valence-corrected chi connectivity index (χ3v) is 3.83. The molecule has 6 nitrogen and oxygen atoms in total. The third-order valence-electron chi connectivity index (χ3n) is 3.83. The van der Waals surface area contributed by atoms with Gasteiger partial charge in [-0.1, -0.05) is 12.2 Å². The smallest absolute Gasteiger partial charge is 0.394 e. The van der Waals surface area contributed by atoms with Crippen molar-refractivity contribution in [2.45, 2.75) is 50.1 Å². The minimum Gasteiger partial charge on any atom is -0.394 e. The summed E-state index contributed by atoms with van der Waals surface area (Å²) >= 11 is 0. The molecular formula is C15H21F3N2O4.